The maximum absolute atomic E-state index is 5.23. The molecule has 0 saturated heterocycles. The number of allylic oxidation sites excluding steroid dienone is 4. The first kappa shape index (κ1) is 25.1. The fourth-order valence-corrected chi connectivity index (χ4v) is 13.3. The molecule has 2 aromatic heterocycles. The van der Waals surface area contributed by atoms with Crippen LogP contribution in [0.4, 0.5) is 0 Å². The lowest BCUT2D eigenvalue weighted by atomic mass is 9.61. The fraction of sp³-hybridized carbons (Fsp3) is 0.353. The number of fused-ring (bicyclic) bond motifs is 6. The first-order valence-corrected chi connectivity index (χ1v) is 18.0. The molecule has 0 N–H and O–H groups in total. The van der Waals surface area contributed by atoms with Gasteiger partial charge in [-0.3, -0.25) is 0 Å². The maximum Gasteiger partial charge on any atom is 0.0902 e. The number of aromatic nitrogens is 4. The van der Waals surface area contributed by atoms with Gasteiger partial charge in [0.1, 0.15) is 0 Å². The molecule has 8 heteroatoms. The molecular weight excluding hydrogens is 593 g/mol. The van der Waals surface area contributed by atoms with Gasteiger partial charge in [-0.15, -0.1) is 0 Å². The van der Waals surface area contributed by atoms with Gasteiger partial charge in [0.15, 0.2) is 0 Å². The van der Waals surface area contributed by atoms with Crippen molar-refractivity contribution in [3.05, 3.63) is 79.8 Å². The number of hydrogen-bond acceptors (Lipinski definition) is 8. The Bertz CT molecular complexity index is 1900. The summed E-state index contributed by atoms with van der Waals surface area (Å²) in [6.07, 6.45) is 11.8. The van der Waals surface area contributed by atoms with Gasteiger partial charge in [-0.05, 0) is 47.9 Å². The second-order valence-corrected chi connectivity index (χ2v) is 18.6. The molecule has 2 aliphatic heterocycles. The Hall–Kier alpha value is -2.26. The van der Waals surface area contributed by atoms with Crippen molar-refractivity contribution in [2.24, 2.45) is 10.8 Å². The van der Waals surface area contributed by atoms with E-state index < -0.39 is 0 Å². The molecule has 0 saturated carbocycles. The Morgan fingerprint density at radius 1 is 0.500 bits per heavy atom. The van der Waals surface area contributed by atoms with E-state index in [-0.39, 0.29) is 10.8 Å². The molecule has 4 aromatic rings. The van der Waals surface area contributed by atoms with Gasteiger partial charge in [0, 0.05) is 43.3 Å². The Labute approximate surface area is 262 Å². The summed E-state index contributed by atoms with van der Waals surface area (Å²) in [6.45, 7) is 9.49. The van der Waals surface area contributed by atoms with Crippen LogP contribution in [0, 0.1) is 10.8 Å². The summed E-state index contributed by atoms with van der Waals surface area (Å²) >= 11 is 7.54. The van der Waals surface area contributed by atoms with Crippen LogP contribution in [0.2, 0.25) is 0 Å². The molecule has 4 nitrogen and oxygen atoms in total. The zero-order chi connectivity index (χ0) is 28.1. The Morgan fingerprint density at radius 2 is 0.833 bits per heavy atom. The number of thioether (sulfide) groups is 4. The quantitative estimate of drug-likeness (QED) is 0.180. The first-order chi connectivity index (χ1) is 20.2. The summed E-state index contributed by atoms with van der Waals surface area (Å²) < 4.78 is 2.71. The predicted octanol–water partition coefficient (Wildman–Crippen LogP) is 10.1. The Balaban J connectivity index is 0.994. The van der Waals surface area contributed by atoms with Crippen LogP contribution >= 0.6 is 47.0 Å². The third kappa shape index (κ3) is 3.44. The lowest BCUT2D eigenvalue weighted by molar-refractivity contribution is 0.243. The summed E-state index contributed by atoms with van der Waals surface area (Å²) in [4.78, 5) is 26.1. The highest BCUT2D eigenvalue weighted by Crippen LogP contribution is 2.62. The highest BCUT2D eigenvalue weighted by molar-refractivity contribution is 8.30. The topological polar surface area (TPSA) is 51.6 Å². The Morgan fingerprint density at radius 3 is 1.17 bits per heavy atom. The summed E-state index contributed by atoms with van der Waals surface area (Å²) in [6, 6.07) is 9.09. The molecule has 4 unspecified atom stereocenters. The fourth-order valence-electron chi connectivity index (χ4n) is 7.95. The zero-order valence-electron chi connectivity index (χ0n) is 23.8. The van der Waals surface area contributed by atoms with E-state index in [4.69, 9.17) is 19.9 Å². The molecule has 8 aliphatic rings. The van der Waals surface area contributed by atoms with Crippen molar-refractivity contribution in [2.75, 3.05) is 0 Å². The lowest BCUT2D eigenvalue weighted by Crippen LogP contribution is -2.34. The van der Waals surface area contributed by atoms with E-state index in [2.05, 4.69) is 76.3 Å². The van der Waals surface area contributed by atoms with Crippen LogP contribution in [-0.2, 0) is 0 Å². The molecule has 4 heterocycles. The van der Waals surface area contributed by atoms with E-state index in [1.54, 1.807) is 0 Å². The molecule has 12 rings (SSSR count). The maximum atomic E-state index is 5.23. The number of rotatable bonds is 0. The third-order valence-electron chi connectivity index (χ3n) is 10.1. The highest BCUT2D eigenvalue weighted by atomic mass is 32.2. The standard InChI is InChI=1S/C34H28N4S4/c1-33(2)13-15-5-7-17(33)29-27(15)35-19-9-23-25(11-21(19)37-29)41-31(39-23)32-40-24-10-20-22(12-26(24)42-32)38-30-18-8-6-16(28(30)36-20)14-34(18,3)4/h5-12,15-18H,13-14H2,1-4H3/b32-31+. The largest absolute Gasteiger partial charge is 0.249 e. The molecule has 0 amide bonds. The van der Waals surface area contributed by atoms with E-state index in [1.165, 1.54) is 50.8 Å². The Kier molecular flexibility index (Phi) is 4.94. The smallest absolute Gasteiger partial charge is 0.0902 e. The number of nitrogens with zero attached hydrogens (tertiary/aromatic N) is 4. The summed E-state index contributed by atoms with van der Waals surface area (Å²) in [5.74, 6) is 1.49. The average Bonchev–Trinajstić information content (AvgIpc) is 3.55. The molecule has 4 bridgehead atoms. The minimum atomic E-state index is 0.238. The average molecular weight is 621 g/mol. The zero-order valence-corrected chi connectivity index (χ0v) is 27.0. The minimum Gasteiger partial charge on any atom is -0.249 e. The van der Waals surface area contributed by atoms with Gasteiger partial charge >= 0.3 is 0 Å². The van der Waals surface area contributed by atoms with E-state index in [0.29, 0.717) is 23.7 Å². The van der Waals surface area contributed by atoms with Crippen LogP contribution in [0.1, 0.15) is 87.0 Å². The third-order valence-corrected chi connectivity index (χ3v) is 15.7. The van der Waals surface area contributed by atoms with Crippen LogP contribution in [0.3, 0.4) is 0 Å². The molecule has 0 fully saturated rings. The normalized spacial score (nSPS) is 30.2. The molecule has 4 atom stereocenters. The molecule has 6 aliphatic carbocycles. The van der Waals surface area contributed by atoms with Crippen molar-refractivity contribution >= 4 is 69.1 Å². The molecule has 42 heavy (non-hydrogen) atoms. The molecule has 2 aromatic carbocycles. The van der Waals surface area contributed by atoms with Crippen molar-refractivity contribution in [3.8, 4) is 0 Å². The van der Waals surface area contributed by atoms with E-state index >= 15 is 0 Å². The van der Waals surface area contributed by atoms with E-state index in [0.717, 1.165) is 34.9 Å². The van der Waals surface area contributed by atoms with Gasteiger partial charge in [-0.1, -0.05) is 99.0 Å². The van der Waals surface area contributed by atoms with Crippen LogP contribution in [0.25, 0.3) is 22.1 Å². The molecule has 0 spiro atoms. The predicted molar refractivity (Wildman–Crippen MR) is 176 cm³/mol. The van der Waals surface area contributed by atoms with Crippen LogP contribution in [0.5, 0.6) is 0 Å². The van der Waals surface area contributed by atoms with Crippen molar-refractivity contribution < 1.29 is 0 Å². The van der Waals surface area contributed by atoms with Crippen molar-refractivity contribution in [1.82, 2.24) is 19.9 Å². The van der Waals surface area contributed by atoms with Crippen molar-refractivity contribution in [3.63, 3.8) is 0 Å². The molecule has 208 valence electrons. The van der Waals surface area contributed by atoms with E-state index in [9.17, 15) is 0 Å². The second kappa shape index (κ2) is 8.26. The SMILES string of the molecule is CC1(C)CC2C=CC1c1nc3cc4c(cc3nc12)S/C(=C1/Sc2cc3nc5c(nc3cc2S1)C1C=CC5CC1(C)C)S4. The number of benzene rings is 2. The van der Waals surface area contributed by atoms with Gasteiger partial charge in [-0.2, -0.15) is 0 Å². The summed E-state index contributed by atoms with van der Waals surface area (Å²) in [7, 11) is 0. The van der Waals surface area contributed by atoms with Crippen molar-refractivity contribution in [2.45, 2.75) is 83.8 Å². The van der Waals surface area contributed by atoms with Crippen LogP contribution in [-0.4, -0.2) is 19.9 Å². The monoisotopic (exact) mass is 620 g/mol. The van der Waals surface area contributed by atoms with Gasteiger partial charge in [0.05, 0.1) is 53.3 Å². The summed E-state index contributed by atoms with van der Waals surface area (Å²) in [5, 5.41) is 0. The van der Waals surface area contributed by atoms with Crippen molar-refractivity contribution in [1.29, 1.82) is 0 Å². The van der Waals surface area contributed by atoms with E-state index in [1.807, 2.05) is 47.0 Å². The highest BCUT2D eigenvalue weighted by Gasteiger charge is 2.45. The van der Waals surface area contributed by atoms with Gasteiger partial charge in [0.25, 0.3) is 0 Å². The second-order valence-electron chi connectivity index (χ2n) is 13.9. The van der Waals surface area contributed by atoms with Gasteiger partial charge < -0.3 is 0 Å². The molecule has 0 radical (unpaired) electrons. The van der Waals surface area contributed by atoms with Crippen LogP contribution < -0.4 is 0 Å². The minimum absolute atomic E-state index is 0.238. The van der Waals surface area contributed by atoms with Gasteiger partial charge in [-0.25, -0.2) is 19.9 Å². The molecular formula is C34H28N4S4. The lowest BCUT2D eigenvalue weighted by Gasteiger charge is -2.44. The van der Waals surface area contributed by atoms with Crippen LogP contribution in [0.15, 0.2) is 76.6 Å². The first-order valence-electron chi connectivity index (χ1n) is 14.7. The van der Waals surface area contributed by atoms with Gasteiger partial charge in [0.2, 0.25) is 0 Å². The summed E-state index contributed by atoms with van der Waals surface area (Å²) in [5.41, 5.74) is 9.37. The number of hydrogen-bond donors (Lipinski definition) is 0.